The molecule has 0 radical (unpaired) electrons. The molecule has 0 spiro atoms. The predicted octanol–water partition coefficient (Wildman–Crippen LogP) is 2.03. The van der Waals surface area contributed by atoms with Crippen LogP contribution in [0.4, 0.5) is 0 Å². The van der Waals surface area contributed by atoms with Gasteiger partial charge in [0.05, 0.1) is 29.7 Å². The van der Waals surface area contributed by atoms with E-state index < -0.39 is 0 Å². The number of hydrogen-bond donors (Lipinski definition) is 1. The summed E-state index contributed by atoms with van der Waals surface area (Å²) >= 11 is 0. The summed E-state index contributed by atoms with van der Waals surface area (Å²) in [5, 5.41) is 18.6. The molecular weight excluding hydrogens is 264 g/mol. The lowest BCUT2D eigenvalue weighted by Crippen LogP contribution is -2.43. The standard InChI is InChI=1S/C16H22N4O/c1-12-8-9-19(11-16(12)21)13(2)15-10-20(18-17-15)14-6-4-3-5-7-14/h3-7,10,12-13,16,21H,8-9,11H2,1-2H3. The Hall–Kier alpha value is -1.72. The zero-order valence-corrected chi connectivity index (χ0v) is 12.6. The van der Waals surface area contributed by atoms with Gasteiger partial charge in [0.25, 0.3) is 0 Å². The minimum absolute atomic E-state index is 0.171. The summed E-state index contributed by atoms with van der Waals surface area (Å²) in [5.74, 6) is 0.383. The summed E-state index contributed by atoms with van der Waals surface area (Å²) in [6.45, 7) is 5.94. The molecule has 1 aromatic carbocycles. The van der Waals surface area contributed by atoms with Gasteiger partial charge in [0.2, 0.25) is 0 Å². The summed E-state index contributed by atoms with van der Waals surface area (Å²) < 4.78 is 1.80. The first kappa shape index (κ1) is 14.2. The van der Waals surface area contributed by atoms with Gasteiger partial charge in [-0.1, -0.05) is 30.3 Å². The van der Waals surface area contributed by atoms with Crippen LogP contribution in [0.5, 0.6) is 0 Å². The Labute approximate surface area is 125 Å². The average Bonchev–Trinajstić information content (AvgIpc) is 3.00. The third kappa shape index (κ3) is 2.99. The van der Waals surface area contributed by atoms with E-state index in [2.05, 4.69) is 29.1 Å². The van der Waals surface area contributed by atoms with Crippen LogP contribution < -0.4 is 0 Å². The second-order valence-corrected chi connectivity index (χ2v) is 5.93. The molecule has 1 saturated heterocycles. The molecule has 0 aliphatic carbocycles. The minimum Gasteiger partial charge on any atom is -0.392 e. The highest BCUT2D eigenvalue weighted by Gasteiger charge is 2.28. The SMILES string of the molecule is CC1CCN(C(C)c2cn(-c3ccccc3)nn2)CC1O. The normalized spacial score (nSPS) is 24.9. The molecule has 1 aliphatic rings. The number of para-hydroxylation sites is 1. The van der Waals surface area contributed by atoms with Crippen molar-refractivity contribution in [3.05, 3.63) is 42.2 Å². The molecule has 1 aliphatic heterocycles. The highest BCUT2D eigenvalue weighted by atomic mass is 16.3. The fourth-order valence-electron chi connectivity index (χ4n) is 2.79. The fourth-order valence-corrected chi connectivity index (χ4v) is 2.79. The summed E-state index contributed by atoms with van der Waals surface area (Å²) in [7, 11) is 0. The van der Waals surface area contributed by atoms with Crippen LogP contribution in [0.3, 0.4) is 0 Å². The number of β-amino-alcohol motifs (C(OH)–C–C–N with tert-alkyl or cyclic N) is 1. The van der Waals surface area contributed by atoms with E-state index in [-0.39, 0.29) is 12.1 Å². The van der Waals surface area contributed by atoms with E-state index in [1.165, 1.54) is 0 Å². The first-order valence-corrected chi connectivity index (χ1v) is 7.55. The lowest BCUT2D eigenvalue weighted by atomic mass is 9.95. The third-order valence-electron chi connectivity index (χ3n) is 4.46. The van der Waals surface area contributed by atoms with E-state index in [0.717, 1.165) is 24.3 Å². The molecule has 2 heterocycles. The number of piperidine rings is 1. The number of aliphatic hydroxyl groups excluding tert-OH is 1. The van der Waals surface area contributed by atoms with Crippen molar-refractivity contribution in [2.24, 2.45) is 5.92 Å². The van der Waals surface area contributed by atoms with Gasteiger partial charge in [-0.2, -0.15) is 0 Å². The zero-order valence-electron chi connectivity index (χ0n) is 12.6. The van der Waals surface area contributed by atoms with Crippen LogP contribution in [-0.2, 0) is 0 Å². The fraction of sp³-hybridized carbons (Fsp3) is 0.500. The van der Waals surface area contributed by atoms with Gasteiger partial charge in [0.15, 0.2) is 0 Å². The van der Waals surface area contributed by atoms with Crippen LogP contribution >= 0.6 is 0 Å². The molecule has 3 rings (SSSR count). The van der Waals surface area contributed by atoms with E-state index in [4.69, 9.17) is 0 Å². The molecule has 5 nitrogen and oxygen atoms in total. The molecule has 112 valence electrons. The second kappa shape index (κ2) is 5.95. The van der Waals surface area contributed by atoms with Crippen molar-refractivity contribution in [2.45, 2.75) is 32.4 Å². The van der Waals surface area contributed by atoms with Crippen LogP contribution in [0.25, 0.3) is 5.69 Å². The monoisotopic (exact) mass is 286 g/mol. The van der Waals surface area contributed by atoms with Crippen LogP contribution in [-0.4, -0.2) is 44.2 Å². The van der Waals surface area contributed by atoms with Gasteiger partial charge in [0, 0.05) is 6.54 Å². The first-order valence-electron chi connectivity index (χ1n) is 7.55. The smallest absolute Gasteiger partial charge is 0.1000 e. The van der Waals surface area contributed by atoms with Crippen molar-refractivity contribution in [3.8, 4) is 5.69 Å². The minimum atomic E-state index is -0.245. The van der Waals surface area contributed by atoms with Gasteiger partial charge in [-0.05, 0) is 37.9 Å². The van der Waals surface area contributed by atoms with Crippen LogP contribution in [0.2, 0.25) is 0 Å². The van der Waals surface area contributed by atoms with Crippen molar-refractivity contribution < 1.29 is 5.11 Å². The van der Waals surface area contributed by atoms with Crippen molar-refractivity contribution >= 4 is 0 Å². The van der Waals surface area contributed by atoms with Crippen LogP contribution in [0.1, 0.15) is 32.0 Å². The topological polar surface area (TPSA) is 54.2 Å². The van der Waals surface area contributed by atoms with E-state index in [1.54, 1.807) is 4.68 Å². The summed E-state index contributed by atoms with van der Waals surface area (Å²) in [6.07, 6.45) is 2.76. The molecule has 3 atom stereocenters. The maximum absolute atomic E-state index is 10.0. The Morgan fingerprint density at radius 3 is 2.76 bits per heavy atom. The number of likely N-dealkylation sites (tertiary alicyclic amines) is 1. The van der Waals surface area contributed by atoms with Gasteiger partial charge in [0.1, 0.15) is 0 Å². The van der Waals surface area contributed by atoms with Crippen molar-refractivity contribution in [3.63, 3.8) is 0 Å². The maximum atomic E-state index is 10.0. The molecule has 21 heavy (non-hydrogen) atoms. The van der Waals surface area contributed by atoms with Crippen molar-refractivity contribution in [1.82, 2.24) is 19.9 Å². The average molecular weight is 286 g/mol. The molecular formula is C16H22N4O. The molecule has 0 amide bonds. The molecule has 0 bridgehead atoms. The highest BCUT2D eigenvalue weighted by Crippen LogP contribution is 2.25. The number of nitrogens with zero attached hydrogens (tertiary/aromatic N) is 4. The lowest BCUT2D eigenvalue weighted by Gasteiger charge is -2.37. The van der Waals surface area contributed by atoms with Crippen molar-refractivity contribution in [1.29, 1.82) is 0 Å². The predicted molar refractivity (Wildman–Crippen MR) is 81.1 cm³/mol. The molecule has 3 unspecified atom stereocenters. The Morgan fingerprint density at radius 2 is 2.05 bits per heavy atom. The Kier molecular flexibility index (Phi) is 4.03. The zero-order chi connectivity index (χ0) is 14.8. The lowest BCUT2D eigenvalue weighted by molar-refractivity contribution is 0.0121. The highest BCUT2D eigenvalue weighted by molar-refractivity contribution is 5.30. The Bertz CT molecular complexity index is 583. The Morgan fingerprint density at radius 1 is 1.29 bits per heavy atom. The number of rotatable bonds is 3. The van der Waals surface area contributed by atoms with E-state index in [9.17, 15) is 5.11 Å². The molecule has 2 aromatic rings. The molecule has 0 saturated carbocycles. The summed E-state index contributed by atoms with van der Waals surface area (Å²) in [4.78, 5) is 2.28. The number of benzene rings is 1. The van der Waals surface area contributed by atoms with E-state index >= 15 is 0 Å². The Balaban J connectivity index is 1.74. The number of aliphatic hydroxyl groups is 1. The van der Waals surface area contributed by atoms with E-state index in [1.807, 2.05) is 36.5 Å². The van der Waals surface area contributed by atoms with E-state index in [0.29, 0.717) is 12.5 Å². The summed E-state index contributed by atoms with van der Waals surface area (Å²) in [6, 6.07) is 10.2. The van der Waals surface area contributed by atoms with Gasteiger partial charge in [-0.15, -0.1) is 5.10 Å². The second-order valence-electron chi connectivity index (χ2n) is 5.93. The van der Waals surface area contributed by atoms with Crippen LogP contribution in [0, 0.1) is 5.92 Å². The molecule has 1 fully saturated rings. The molecule has 1 N–H and O–H groups in total. The summed E-state index contributed by atoms with van der Waals surface area (Å²) in [5.41, 5.74) is 1.95. The van der Waals surface area contributed by atoms with Gasteiger partial charge in [-0.3, -0.25) is 4.90 Å². The number of hydrogen-bond acceptors (Lipinski definition) is 4. The quantitative estimate of drug-likeness (QED) is 0.938. The van der Waals surface area contributed by atoms with Crippen LogP contribution in [0.15, 0.2) is 36.5 Å². The number of aromatic nitrogens is 3. The third-order valence-corrected chi connectivity index (χ3v) is 4.46. The van der Waals surface area contributed by atoms with Gasteiger partial charge >= 0.3 is 0 Å². The molecule has 5 heteroatoms. The van der Waals surface area contributed by atoms with Gasteiger partial charge < -0.3 is 5.11 Å². The van der Waals surface area contributed by atoms with Crippen molar-refractivity contribution in [2.75, 3.05) is 13.1 Å². The largest absolute Gasteiger partial charge is 0.392 e. The van der Waals surface area contributed by atoms with Gasteiger partial charge in [-0.25, -0.2) is 4.68 Å². The maximum Gasteiger partial charge on any atom is 0.1000 e. The first-order chi connectivity index (χ1) is 10.1. The molecule has 1 aromatic heterocycles.